The van der Waals surface area contributed by atoms with Gasteiger partial charge in [-0.05, 0) is 161 Å². The highest BCUT2D eigenvalue weighted by Crippen LogP contribution is 2.42. The van der Waals surface area contributed by atoms with Crippen molar-refractivity contribution in [2.24, 2.45) is 5.92 Å². The van der Waals surface area contributed by atoms with Crippen LogP contribution in [-0.2, 0) is 48.7 Å². The fraction of sp³-hybridized carbons (Fsp3) is 0.318. The van der Waals surface area contributed by atoms with Crippen LogP contribution in [0.15, 0.2) is 146 Å². The van der Waals surface area contributed by atoms with E-state index in [2.05, 4.69) is 87.5 Å². The SMILES string of the molecule is CC(C)CCc1nc(Nc2ccc(-c3cnc4cc(F)ccn34)c3c2C(=O)NC3)ccc1[C@@H]1CCOC1.CN(C)Cc1nc(Nc2ccc(-c3cnc4cc(F)ccn34)c3c2C(=O)NC3)ccc1N1CC[C@H](O)C1.CN(C)Cc1nc(Nc2ccc(-c3cnc4cc(F)ccn34)c3c2C(=O)NC3)ccc1[C@@H]1CCN(C)C(=O)C1. The quantitative estimate of drug-likeness (QED) is 0.0396. The number of ether oxygens (including phenoxy) is 1. The third-order valence-corrected chi connectivity index (χ3v) is 21.8. The number of rotatable bonds is 19. The summed E-state index contributed by atoms with van der Waals surface area (Å²) in [6.07, 6.45) is 14.9. The van der Waals surface area contributed by atoms with Crippen LogP contribution < -0.4 is 36.8 Å². The minimum atomic E-state index is -0.351. The van der Waals surface area contributed by atoms with Crippen molar-refractivity contribution in [3.63, 3.8) is 0 Å². The number of pyridine rings is 6. The number of aliphatic hydroxyl groups excluding tert-OH is 1. The molecule has 3 fully saturated rings. The molecule has 580 valence electrons. The summed E-state index contributed by atoms with van der Waals surface area (Å²) < 4.78 is 52.2. The number of amides is 4. The van der Waals surface area contributed by atoms with Gasteiger partial charge in [-0.25, -0.2) is 43.1 Å². The van der Waals surface area contributed by atoms with E-state index >= 15 is 0 Å². The van der Waals surface area contributed by atoms with Crippen molar-refractivity contribution in [1.82, 2.24) is 73.8 Å². The van der Waals surface area contributed by atoms with E-state index in [1.165, 1.54) is 42.0 Å². The number of halogens is 3. The first-order valence-electron chi connectivity index (χ1n) is 38.2. The summed E-state index contributed by atoms with van der Waals surface area (Å²) in [6, 6.07) is 32.0. The number of β-amino-alcohol motifs (C(OH)–C–C–N with tert-alkyl or cyclic N) is 1. The smallest absolute Gasteiger partial charge is 0.254 e. The summed E-state index contributed by atoms with van der Waals surface area (Å²) in [5.74, 6) is 1.78. The Bertz CT molecular complexity index is 5710. The van der Waals surface area contributed by atoms with Crippen molar-refractivity contribution in [3.8, 4) is 33.8 Å². The van der Waals surface area contributed by atoms with Gasteiger partial charge in [-0.15, -0.1) is 0 Å². The molecule has 0 spiro atoms. The first kappa shape index (κ1) is 75.0. The maximum atomic E-state index is 13.7. The number of aliphatic hydroxyl groups is 1. The zero-order valence-corrected chi connectivity index (χ0v) is 63.9. The van der Waals surface area contributed by atoms with Gasteiger partial charge in [0.15, 0.2) is 0 Å². The zero-order chi connectivity index (χ0) is 78.5. The number of carbonyl (C=O) groups excluding carboxylic acids is 4. The van der Waals surface area contributed by atoms with E-state index in [0.29, 0.717) is 120 Å². The molecule has 3 aromatic carbocycles. The Hall–Kier alpha value is -12.1. The molecule has 18 rings (SSSR count). The molecule has 4 amide bonds. The van der Waals surface area contributed by atoms with Gasteiger partial charge in [0.05, 0.1) is 99.2 Å². The number of hydrogen-bond donors (Lipinski definition) is 7. The average Bonchev–Trinajstić information content (AvgIpc) is 1.64. The zero-order valence-electron chi connectivity index (χ0n) is 63.9. The third kappa shape index (κ3) is 15.5. The summed E-state index contributed by atoms with van der Waals surface area (Å²) in [5, 5.41) is 29.0. The topological polar surface area (TPSA) is 273 Å². The molecule has 7 N–H and O–H groups in total. The van der Waals surface area contributed by atoms with Gasteiger partial charge in [0.25, 0.3) is 17.7 Å². The molecule has 9 aromatic heterocycles. The van der Waals surface area contributed by atoms with Crippen LogP contribution in [0.3, 0.4) is 0 Å². The highest BCUT2D eigenvalue weighted by Gasteiger charge is 2.34. The van der Waals surface area contributed by atoms with Crippen LogP contribution in [0.25, 0.3) is 50.7 Å². The molecule has 12 aromatic rings. The minimum absolute atomic E-state index is 0.126. The second kappa shape index (κ2) is 31.6. The van der Waals surface area contributed by atoms with Gasteiger partial charge in [-0.3, -0.25) is 32.4 Å². The van der Waals surface area contributed by atoms with Crippen LogP contribution >= 0.6 is 0 Å². The van der Waals surface area contributed by atoms with Gasteiger partial charge in [-0.2, -0.15) is 0 Å². The van der Waals surface area contributed by atoms with E-state index in [9.17, 15) is 37.5 Å². The van der Waals surface area contributed by atoms with E-state index in [-0.39, 0.29) is 53.1 Å². The molecular formula is C85H88F3N19O6. The molecule has 0 saturated carbocycles. The fourth-order valence-electron chi connectivity index (χ4n) is 16.1. The van der Waals surface area contributed by atoms with Gasteiger partial charge >= 0.3 is 0 Å². The van der Waals surface area contributed by atoms with Crippen LogP contribution in [0, 0.1) is 23.4 Å². The number of carbonyl (C=O) groups is 4. The second-order valence-corrected chi connectivity index (χ2v) is 30.6. The molecule has 3 atom stereocenters. The Balaban J connectivity index is 0.000000128. The second-order valence-electron chi connectivity index (χ2n) is 30.6. The Kier molecular flexibility index (Phi) is 20.9. The normalized spacial score (nSPS) is 17.1. The molecule has 28 heteroatoms. The number of piperidine rings is 1. The molecule has 15 heterocycles. The van der Waals surface area contributed by atoms with Gasteiger partial charge in [0.1, 0.15) is 51.8 Å². The lowest BCUT2D eigenvalue weighted by Gasteiger charge is -2.30. The maximum Gasteiger partial charge on any atom is 0.254 e. The predicted octanol–water partition coefficient (Wildman–Crippen LogP) is 12.7. The van der Waals surface area contributed by atoms with Crippen molar-refractivity contribution in [2.75, 3.05) is 88.9 Å². The van der Waals surface area contributed by atoms with Crippen LogP contribution in [0.1, 0.15) is 134 Å². The average molecular weight is 1530 g/mol. The highest BCUT2D eigenvalue weighted by molar-refractivity contribution is 6.08. The predicted molar refractivity (Wildman–Crippen MR) is 426 cm³/mol. The Morgan fingerprint density at radius 2 is 0.982 bits per heavy atom. The number of aryl methyl sites for hydroxylation is 1. The number of nitrogens with zero attached hydrogens (tertiary/aromatic N) is 13. The first-order valence-corrected chi connectivity index (χ1v) is 38.2. The van der Waals surface area contributed by atoms with E-state index in [1.54, 1.807) is 42.1 Å². The number of fused-ring (bicyclic) bond motifs is 6. The summed E-state index contributed by atoms with van der Waals surface area (Å²) in [7, 11) is 9.83. The maximum absolute atomic E-state index is 13.7. The number of nitrogens with one attached hydrogen (secondary N) is 6. The van der Waals surface area contributed by atoms with Crippen molar-refractivity contribution < 1.29 is 42.2 Å². The Morgan fingerprint density at radius 3 is 1.41 bits per heavy atom. The number of likely N-dealkylation sites (tertiary alicyclic amines) is 1. The molecule has 0 unspecified atom stereocenters. The number of benzene rings is 3. The molecule has 6 aliphatic heterocycles. The van der Waals surface area contributed by atoms with Crippen LogP contribution in [0.5, 0.6) is 0 Å². The van der Waals surface area contributed by atoms with Gasteiger partial charge in [0.2, 0.25) is 5.91 Å². The van der Waals surface area contributed by atoms with Crippen molar-refractivity contribution >= 4 is 80.8 Å². The standard InChI is InChI=1S/C29H30FN7O2.C29H30FN5O2.C27H28FN7O2/c1-35(2)16-23-19(17-8-10-36(3)27(38)12-17)5-7-25(34-23)33-22-6-4-20(21-14-32-29(39)28(21)22)24-15-31-26-13-18(30)9-11-37(24)26;1-17(2)3-6-23-20(18-10-12-37-16-18)5-8-26(33-23)34-24-7-4-21(22-14-32-29(36)28(22)24)25-15-31-27-13-19(30)9-11-35(25)27;1-33(2)15-21-22(34-9-8-17(36)14-34)5-6-24(32-21)31-20-4-3-18(19-12-30-27(37)26(19)20)23-13-29-25-11-16(28)7-10-35(23)25/h4-7,9,11,13,15,17H,8,10,12,14,16H2,1-3H3,(H,32,39)(H,33,34);4-5,7-9,11,13,15,17-18H,3,6,10,12,14,16H2,1-2H3,(H,32,36)(H,33,34);3-7,10-11,13,17,36H,8-9,12,14-15H2,1-2H3,(H,30,37)(H,31,32)/t17-;18-;17-/m110/s1. The first-order chi connectivity index (χ1) is 54.6. The highest BCUT2D eigenvalue weighted by atomic mass is 19.1. The summed E-state index contributed by atoms with van der Waals surface area (Å²) in [6.45, 7) is 10.6. The summed E-state index contributed by atoms with van der Waals surface area (Å²) in [4.78, 5) is 87.1. The number of aromatic nitrogens is 9. The third-order valence-electron chi connectivity index (χ3n) is 21.8. The lowest BCUT2D eigenvalue weighted by atomic mass is 9.88. The fourth-order valence-corrected chi connectivity index (χ4v) is 16.1. The molecule has 113 heavy (non-hydrogen) atoms. The molecule has 0 aliphatic carbocycles. The lowest BCUT2D eigenvalue weighted by molar-refractivity contribution is -0.132. The Morgan fingerprint density at radius 1 is 0.540 bits per heavy atom. The van der Waals surface area contributed by atoms with Crippen LogP contribution in [-0.4, -0.2) is 161 Å². The van der Waals surface area contributed by atoms with Gasteiger partial charge in [0, 0.05) is 138 Å². The number of anilines is 7. The number of imidazole rings is 3. The lowest BCUT2D eigenvalue weighted by Crippen LogP contribution is -2.35. The van der Waals surface area contributed by atoms with Gasteiger partial charge < -0.3 is 61.3 Å². The molecule has 0 bridgehead atoms. The van der Waals surface area contributed by atoms with E-state index in [1.807, 2.05) is 109 Å². The number of hydrogen-bond acceptors (Lipinski definition) is 18. The van der Waals surface area contributed by atoms with Gasteiger partial charge in [-0.1, -0.05) is 44.2 Å². The van der Waals surface area contributed by atoms with Crippen molar-refractivity contribution in [2.45, 2.75) is 103 Å². The minimum Gasteiger partial charge on any atom is -0.391 e. The van der Waals surface area contributed by atoms with E-state index in [0.717, 1.165) is 143 Å². The molecule has 6 aliphatic rings. The van der Waals surface area contributed by atoms with E-state index in [4.69, 9.17) is 19.7 Å². The monoisotopic (exact) mass is 1530 g/mol. The van der Waals surface area contributed by atoms with Crippen molar-refractivity contribution in [3.05, 3.63) is 225 Å². The largest absolute Gasteiger partial charge is 0.391 e. The molecule has 0 radical (unpaired) electrons. The molecule has 3 saturated heterocycles. The molecular weight excluding hydrogens is 1440 g/mol. The van der Waals surface area contributed by atoms with Crippen LogP contribution in [0.2, 0.25) is 0 Å². The Labute approximate surface area is 650 Å². The van der Waals surface area contributed by atoms with Crippen molar-refractivity contribution in [1.29, 1.82) is 0 Å². The van der Waals surface area contributed by atoms with Crippen LogP contribution in [0.4, 0.5) is 53.4 Å². The summed E-state index contributed by atoms with van der Waals surface area (Å²) in [5.41, 5.74) is 19.2. The summed E-state index contributed by atoms with van der Waals surface area (Å²) >= 11 is 0. The molecule has 25 nitrogen and oxygen atoms in total. The van der Waals surface area contributed by atoms with E-state index < -0.39 is 0 Å².